The number of ether oxygens (including phenoxy) is 2. The molecule has 0 spiro atoms. The van der Waals surface area contributed by atoms with Crippen molar-refractivity contribution in [1.82, 2.24) is 10.2 Å². The number of aliphatic hydroxyl groups excluding tert-OH is 1. The minimum atomic E-state index is -1.15. The molecule has 8 heteroatoms. The molecule has 4 atom stereocenters. The maximum Gasteiger partial charge on any atom is 0.416 e. The average Bonchev–Trinajstić information content (AvgIpc) is 2.92. The first-order valence-corrected chi connectivity index (χ1v) is 9.53. The van der Waals surface area contributed by atoms with Gasteiger partial charge in [0.1, 0.15) is 12.2 Å². The Kier molecular flexibility index (Phi) is 8.07. The molecule has 1 rings (SSSR count). The van der Waals surface area contributed by atoms with Crippen LogP contribution in [0.5, 0.6) is 0 Å². The molecule has 1 aliphatic rings. The van der Waals surface area contributed by atoms with Gasteiger partial charge in [-0.2, -0.15) is 0 Å². The number of nitrogens with one attached hydrogen (secondary N) is 1. The predicted molar refractivity (Wildman–Crippen MR) is 100 cm³/mol. The van der Waals surface area contributed by atoms with Crippen molar-refractivity contribution in [2.45, 2.75) is 85.1 Å². The number of imide groups is 1. The highest BCUT2D eigenvalue weighted by molar-refractivity contribution is 5.93. The van der Waals surface area contributed by atoms with E-state index in [9.17, 15) is 19.5 Å². The summed E-state index contributed by atoms with van der Waals surface area (Å²) >= 11 is 0. The number of nitrogens with zero attached hydrogens (tertiary/aromatic N) is 1. The number of hydrogen-bond acceptors (Lipinski definition) is 6. The zero-order valence-corrected chi connectivity index (χ0v) is 17.4. The van der Waals surface area contributed by atoms with Crippen molar-refractivity contribution in [1.29, 1.82) is 0 Å². The fourth-order valence-electron chi connectivity index (χ4n) is 2.93. The Morgan fingerprint density at radius 2 is 1.93 bits per heavy atom. The Hall–Kier alpha value is -1.83. The fourth-order valence-corrected chi connectivity index (χ4v) is 2.93. The molecular formula is C19H34N2O6. The molecule has 0 aromatic heterocycles. The molecule has 0 bridgehead atoms. The quantitative estimate of drug-likeness (QED) is 0.697. The Bertz CT molecular complexity index is 543. The summed E-state index contributed by atoms with van der Waals surface area (Å²) in [6.45, 7) is 13.0. The first-order valence-electron chi connectivity index (χ1n) is 9.53. The zero-order chi connectivity index (χ0) is 20.9. The van der Waals surface area contributed by atoms with E-state index in [0.29, 0.717) is 6.42 Å². The second-order valence-corrected chi connectivity index (χ2v) is 8.48. The molecule has 1 aliphatic heterocycles. The smallest absolute Gasteiger partial charge is 0.416 e. The van der Waals surface area contributed by atoms with Crippen molar-refractivity contribution in [3.05, 3.63) is 0 Å². The number of rotatable bonds is 7. The van der Waals surface area contributed by atoms with Gasteiger partial charge in [0, 0.05) is 0 Å². The summed E-state index contributed by atoms with van der Waals surface area (Å²) in [5.41, 5.74) is -0.672. The topological polar surface area (TPSA) is 105 Å². The van der Waals surface area contributed by atoms with Gasteiger partial charge in [0.2, 0.25) is 5.91 Å². The Morgan fingerprint density at radius 3 is 2.41 bits per heavy atom. The number of aliphatic hydroxyl groups is 1. The van der Waals surface area contributed by atoms with Crippen LogP contribution in [-0.2, 0) is 14.3 Å². The third-order valence-electron chi connectivity index (χ3n) is 4.68. The molecule has 0 saturated carbocycles. The van der Waals surface area contributed by atoms with Crippen LogP contribution in [0, 0.1) is 11.8 Å². The molecule has 8 nitrogen and oxygen atoms in total. The fraction of sp³-hybridized carbons (Fsp3) is 0.842. The van der Waals surface area contributed by atoms with Crippen molar-refractivity contribution in [2.24, 2.45) is 11.8 Å². The van der Waals surface area contributed by atoms with Gasteiger partial charge in [-0.15, -0.1) is 0 Å². The summed E-state index contributed by atoms with van der Waals surface area (Å²) in [7, 11) is 0. The normalized spacial score (nSPS) is 20.9. The number of amides is 3. The largest absolute Gasteiger partial charge is 0.447 e. The van der Waals surface area contributed by atoms with E-state index in [1.807, 2.05) is 27.7 Å². The van der Waals surface area contributed by atoms with E-state index >= 15 is 0 Å². The molecular weight excluding hydrogens is 352 g/mol. The molecule has 1 saturated heterocycles. The molecule has 3 amide bonds. The Labute approximate surface area is 161 Å². The second kappa shape index (κ2) is 9.39. The summed E-state index contributed by atoms with van der Waals surface area (Å²) in [6, 6.07) is -1.03. The van der Waals surface area contributed by atoms with Gasteiger partial charge in [-0.05, 0) is 32.6 Å². The van der Waals surface area contributed by atoms with Crippen LogP contribution in [0.2, 0.25) is 0 Å². The van der Waals surface area contributed by atoms with Crippen LogP contribution in [0.4, 0.5) is 9.59 Å². The van der Waals surface area contributed by atoms with Gasteiger partial charge in [0.25, 0.3) is 0 Å². The summed E-state index contributed by atoms with van der Waals surface area (Å²) in [5.74, 6) is -0.558. The summed E-state index contributed by atoms with van der Waals surface area (Å²) in [5, 5.41) is 13.3. The summed E-state index contributed by atoms with van der Waals surface area (Å²) in [6.07, 6.45) is -2.10. The van der Waals surface area contributed by atoms with Crippen LogP contribution < -0.4 is 5.32 Å². The zero-order valence-electron chi connectivity index (χ0n) is 17.4. The molecule has 1 fully saturated rings. The monoisotopic (exact) mass is 386 g/mol. The van der Waals surface area contributed by atoms with E-state index in [0.717, 1.165) is 4.90 Å². The van der Waals surface area contributed by atoms with E-state index in [4.69, 9.17) is 9.47 Å². The lowest BCUT2D eigenvalue weighted by Crippen LogP contribution is -2.51. The summed E-state index contributed by atoms with van der Waals surface area (Å²) in [4.78, 5) is 37.7. The molecule has 0 aliphatic carbocycles. The van der Waals surface area contributed by atoms with Crippen molar-refractivity contribution in [3.8, 4) is 0 Å². The third kappa shape index (κ3) is 6.68. The molecule has 156 valence electrons. The standard InChI is InChI=1S/C19H34N2O6/c1-8-12(4)16(20-17(24)27-19(5,6)7)14(22)9-15(23)21-13(11(2)3)10-26-18(21)25/h11-14,16,22H,8-10H2,1-7H3,(H,20,24)/t12-,13+,14+,16-/m0/s1. The molecule has 0 aromatic rings. The Balaban J connectivity index is 2.83. The lowest BCUT2D eigenvalue weighted by atomic mass is 9.92. The maximum atomic E-state index is 12.6. The average molecular weight is 386 g/mol. The molecule has 1 heterocycles. The number of alkyl carbamates (subject to hydrolysis) is 1. The van der Waals surface area contributed by atoms with E-state index in [2.05, 4.69) is 5.32 Å². The first kappa shape index (κ1) is 23.2. The molecule has 27 heavy (non-hydrogen) atoms. The van der Waals surface area contributed by atoms with Crippen molar-refractivity contribution in [2.75, 3.05) is 6.61 Å². The van der Waals surface area contributed by atoms with E-state index in [1.165, 1.54) is 0 Å². The number of carbonyl (C=O) groups is 3. The second-order valence-electron chi connectivity index (χ2n) is 8.48. The van der Waals surface area contributed by atoms with Crippen LogP contribution in [-0.4, -0.2) is 58.5 Å². The van der Waals surface area contributed by atoms with Gasteiger partial charge in [-0.1, -0.05) is 34.1 Å². The highest BCUT2D eigenvalue weighted by atomic mass is 16.6. The van der Waals surface area contributed by atoms with E-state index in [-0.39, 0.29) is 30.9 Å². The number of carbonyl (C=O) groups excluding carboxylic acids is 3. The van der Waals surface area contributed by atoms with Gasteiger partial charge in [0.15, 0.2) is 0 Å². The molecule has 0 radical (unpaired) electrons. The minimum absolute atomic E-state index is 0.0443. The number of cyclic esters (lactones) is 1. The molecule has 0 aromatic carbocycles. The van der Waals surface area contributed by atoms with Gasteiger partial charge in [-0.3, -0.25) is 4.79 Å². The van der Waals surface area contributed by atoms with Crippen molar-refractivity contribution >= 4 is 18.1 Å². The predicted octanol–water partition coefficient (Wildman–Crippen LogP) is 2.68. The molecule has 0 unspecified atom stereocenters. The molecule has 2 N–H and O–H groups in total. The van der Waals surface area contributed by atoms with Crippen LogP contribution in [0.15, 0.2) is 0 Å². The van der Waals surface area contributed by atoms with Crippen LogP contribution >= 0.6 is 0 Å². The van der Waals surface area contributed by atoms with Crippen molar-refractivity contribution in [3.63, 3.8) is 0 Å². The first-order chi connectivity index (χ1) is 12.4. The SMILES string of the molecule is CC[C@H](C)[C@H](NC(=O)OC(C)(C)C)[C@H](O)CC(=O)N1C(=O)OC[C@@H]1C(C)C. The lowest BCUT2D eigenvalue weighted by Gasteiger charge is -2.31. The van der Waals surface area contributed by atoms with Gasteiger partial charge in [-0.25, -0.2) is 14.5 Å². The number of hydrogen-bond donors (Lipinski definition) is 2. The van der Waals surface area contributed by atoms with Gasteiger partial charge in [0.05, 0.1) is 24.6 Å². The minimum Gasteiger partial charge on any atom is -0.447 e. The van der Waals surface area contributed by atoms with Crippen LogP contribution in [0.25, 0.3) is 0 Å². The highest BCUT2D eigenvalue weighted by Crippen LogP contribution is 2.22. The summed E-state index contributed by atoms with van der Waals surface area (Å²) < 4.78 is 10.2. The Morgan fingerprint density at radius 1 is 1.33 bits per heavy atom. The van der Waals surface area contributed by atoms with E-state index < -0.39 is 35.8 Å². The van der Waals surface area contributed by atoms with E-state index in [1.54, 1.807) is 20.8 Å². The van der Waals surface area contributed by atoms with Crippen molar-refractivity contribution < 1.29 is 29.0 Å². The van der Waals surface area contributed by atoms with Gasteiger partial charge >= 0.3 is 12.2 Å². The highest BCUT2D eigenvalue weighted by Gasteiger charge is 2.41. The van der Waals surface area contributed by atoms with Crippen LogP contribution in [0.1, 0.15) is 61.3 Å². The maximum absolute atomic E-state index is 12.6. The third-order valence-corrected chi connectivity index (χ3v) is 4.68. The lowest BCUT2D eigenvalue weighted by molar-refractivity contribution is -0.132. The van der Waals surface area contributed by atoms with Crippen LogP contribution in [0.3, 0.4) is 0 Å². The van der Waals surface area contributed by atoms with Gasteiger partial charge < -0.3 is 19.9 Å².